The number of fused-ring (bicyclic) bond motifs is 1. The van der Waals surface area contributed by atoms with Crippen LogP contribution in [0.5, 0.6) is 0 Å². The van der Waals surface area contributed by atoms with Gasteiger partial charge in [0.2, 0.25) is 0 Å². The van der Waals surface area contributed by atoms with Crippen LogP contribution < -0.4 is 9.60 Å². The summed E-state index contributed by atoms with van der Waals surface area (Å²) in [5.41, 5.74) is 4.04. The van der Waals surface area contributed by atoms with Crippen LogP contribution in [0.25, 0.3) is 10.2 Å². The number of nitrogens with zero attached hydrogens (tertiary/aromatic N) is 1. The number of benzene rings is 3. The minimum absolute atomic E-state index is 0.110. The summed E-state index contributed by atoms with van der Waals surface area (Å²) in [7, 11) is -3.77. The number of hydrogen-bond acceptors (Lipinski definition) is 4. The molecule has 0 aliphatic rings. The molecule has 0 amide bonds. The second-order valence-electron chi connectivity index (χ2n) is 6.94. The van der Waals surface area contributed by atoms with E-state index in [-0.39, 0.29) is 9.77 Å². The maximum absolute atomic E-state index is 12.9. The Morgan fingerprint density at radius 2 is 1.62 bits per heavy atom. The number of nitrogens with one attached hydrogen (secondary N) is 1. The largest absolute Gasteiger partial charge is 0.308 e. The zero-order valence-corrected chi connectivity index (χ0v) is 17.7. The topological polar surface area (TPSA) is 68.2 Å². The summed E-state index contributed by atoms with van der Waals surface area (Å²) < 4.78 is 30.9. The van der Waals surface area contributed by atoms with Gasteiger partial charge >= 0.3 is 4.87 Å². The Bertz CT molecular complexity index is 1330. The van der Waals surface area contributed by atoms with Crippen molar-refractivity contribution in [2.24, 2.45) is 0 Å². The fourth-order valence-electron chi connectivity index (χ4n) is 3.30. The molecule has 3 aromatic carbocycles. The van der Waals surface area contributed by atoms with Crippen LogP contribution in [0.3, 0.4) is 0 Å². The van der Waals surface area contributed by atoms with Gasteiger partial charge in [0.25, 0.3) is 10.0 Å². The average Bonchev–Trinajstić information content (AvgIpc) is 3.00. The fourth-order valence-corrected chi connectivity index (χ4v) is 5.53. The summed E-state index contributed by atoms with van der Waals surface area (Å²) in [6.45, 7) is 4.18. The first-order valence-corrected chi connectivity index (χ1v) is 11.4. The van der Waals surface area contributed by atoms with Crippen molar-refractivity contribution in [3.8, 4) is 0 Å². The van der Waals surface area contributed by atoms with Gasteiger partial charge in [0.05, 0.1) is 27.3 Å². The Labute approximate surface area is 173 Å². The van der Waals surface area contributed by atoms with E-state index in [2.05, 4.69) is 4.72 Å². The molecular weight excluding hydrogens is 404 g/mol. The standard InChI is InChI=1S/C22H20N2O3S2/c1-15-7-6-8-16(2)21(15)23-29(26,27)18-11-12-19-20(13-18)28-22(25)24(19)14-17-9-4-3-5-10-17/h3-13,23H,14H2,1-2H3. The van der Waals surface area contributed by atoms with Gasteiger partial charge < -0.3 is 0 Å². The van der Waals surface area contributed by atoms with Crippen molar-refractivity contribution in [1.29, 1.82) is 0 Å². The first-order chi connectivity index (χ1) is 13.8. The minimum Gasteiger partial charge on any atom is -0.294 e. The van der Waals surface area contributed by atoms with Crippen molar-refractivity contribution in [1.82, 2.24) is 4.57 Å². The molecule has 4 rings (SSSR count). The average molecular weight is 425 g/mol. The zero-order valence-electron chi connectivity index (χ0n) is 16.0. The first-order valence-electron chi connectivity index (χ1n) is 9.11. The minimum atomic E-state index is -3.77. The molecule has 4 aromatic rings. The molecular formula is C22H20N2O3S2. The maximum Gasteiger partial charge on any atom is 0.308 e. The molecule has 1 aromatic heterocycles. The zero-order chi connectivity index (χ0) is 20.6. The summed E-state index contributed by atoms with van der Waals surface area (Å²) in [5, 5.41) is 0. The van der Waals surface area contributed by atoms with E-state index < -0.39 is 10.0 Å². The van der Waals surface area contributed by atoms with Gasteiger partial charge in [-0.3, -0.25) is 14.1 Å². The van der Waals surface area contributed by atoms with Crippen LogP contribution in [0.15, 0.2) is 76.4 Å². The molecule has 7 heteroatoms. The van der Waals surface area contributed by atoms with Crippen molar-refractivity contribution < 1.29 is 8.42 Å². The lowest BCUT2D eigenvalue weighted by molar-refractivity contribution is 0.601. The smallest absolute Gasteiger partial charge is 0.294 e. The summed E-state index contributed by atoms with van der Waals surface area (Å²) in [5.74, 6) is 0. The molecule has 0 saturated carbocycles. The van der Waals surface area contributed by atoms with Crippen LogP contribution in [-0.2, 0) is 16.6 Å². The second kappa shape index (κ2) is 7.50. The van der Waals surface area contributed by atoms with Crippen LogP contribution in [0.1, 0.15) is 16.7 Å². The maximum atomic E-state index is 12.9. The third-order valence-electron chi connectivity index (χ3n) is 4.85. The highest BCUT2D eigenvalue weighted by Gasteiger charge is 2.19. The molecule has 0 spiro atoms. The molecule has 0 unspecified atom stereocenters. The van der Waals surface area contributed by atoms with Crippen molar-refractivity contribution in [2.45, 2.75) is 25.3 Å². The summed E-state index contributed by atoms with van der Waals surface area (Å²) in [6, 6.07) is 20.1. The van der Waals surface area contributed by atoms with Gasteiger partial charge in [0.15, 0.2) is 0 Å². The van der Waals surface area contributed by atoms with Gasteiger partial charge in [-0.05, 0) is 48.7 Å². The Hall–Kier alpha value is -2.90. The molecule has 0 saturated heterocycles. The molecule has 0 bridgehead atoms. The van der Waals surface area contributed by atoms with Crippen LogP contribution in [0, 0.1) is 13.8 Å². The van der Waals surface area contributed by atoms with Crippen LogP contribution in [0.4, 0.5) is 5.69 Å². The Balaban J connectivity index is 1.72. The highest BCUT2D eigenvalue weighted by molar-refractivity contribution is 7.92. The number of hydrogen-bond donors (Lipinski definition) is 1. The molecule has 0 atom stereocenters. The Morgan fingerprint density at radius 3 is 2.31 bits per heavy atom. The lowest BCUT2D eigenvalue weighted by Gasteiger charge is -2.13. The Morgan fingerprint density at radius 1 is 0.931 bits per heavy atom. The summed E-state index contributed by atoms with van der Waals surface area (Å²) in [6.07, 6.45) is 0. The second-order valence-corrected chi connectivity index (χ2v) is 9.62. The molecule has 148 valence electrons. The summed E-state index contributed by atoms with van der Waals surface area (Å²) in [4.78, 5) is 12.5. The van der Waals surface area contributed by atoms with Crippen LogP contribution in [0.2, 0.25) is 0 Å². The number of aromatic nitrogens is 1. The Kier molecular flexibility index (Phi) is 5.02. The van der Waals surface area contributed by atoms with E-state index in [1.807, 2.05) is 62.4 Å². The van der Waals surface area contributed by atoms with E-state index in [4.69, 9.17) is 0 Å². The number of para-hydroxylation sites is 1. The molecule has 0 aliphatic carbocycles. The van der Waals surface area contributed by atoms with E-state index in [0.717, 1.165) is 33.5 Å². The predicted molar refractivity (Wildman–Crippen MR) is 118 cm³/mol. The van der Waals surface area contributed by atoms with E-state index in [9.17, 15) is 13.2 Å². The van der Waals surface area contributed by atoms with Crippen molar-refractivity contribution in [3.05, 3.63) is 93.1 Å². The van der Waals surface area contributed by atoms with E-state index in [1.54, 1.807) is 22.8 Å². The molecule has 29 heavy (non-hydrogen) atoms. The number of thiazole rings is 1. The van der Waals surface area contributed by atoms with E-state index in [1.165, 1.54) is 0 Å². The lowest BCUT2D eigenvalue weighted by Crippen LogP contribution is -2.15. The number of aryl methyl sites for hydroxylation is 2. The molecule has 0 fully saturated rings. The van der Waals surface area contributed by atoms with Gasteiger partial charge in [-0.2, -0.15) is 0 Å². The van der Waals surface area contributed by atoms with Crippen molar-refractivity contribution >= 4 is 37.3 Å². The molecule has 1 N–H and O–H groups in total. The lowest BCUT2D eigenvalue weighted by atomic mass is 10.1. The molecule has 0 radical (unpaired) electrons. The van der Waals surface area contributed by atoms with Gasteiger partial charge in [0, 0.05) is 0 Å². The van der Waals surface area contributed by atoms with E-state index >= 15 is 0 Å². The highest BCUT2D eigenvalue weighted by atomic mass is 32.2. The molecule has 5 nitrogen and oxygen atoms in total. The first kappa shape index (κ1) is 19.4. The van der Waals surface area contributed by atoms with Gasteiger partial charge in [-0.1, -0.05) is 59.9 Å². The van der Waals surface area contributed by atoms with Crippen LogP contribution in [-0.4, -0.2) is 13.0 Å². The third kappa shape index (κ3) is 3.83. The summed E-state index contributed by atoms with van der Waals surface area (Å²) >= 11 is 1.06. The van der Waals surface area contributed by atoms with Crippen LogP contribution >= 0.6 is 11.3 Å². The quantitative estimate of drug-likeness (QED) is 0.512. The van der Waals surface area contributed by atoms with Gasteiger partial charge in [-0.15, -0.1) is 0 Å². The van der Waals surface area contributed by atoms with Crippen molar-refractivity contribution in [2.75, 3.05) is 4.72 Å². The van der Waals surface area contributed by atoms with Gasteiger partial charge in [-0.25, -0.2) is 8.42 Å². The van der Waals surface area contributed by atoms with Crippen molar-refractivity contribution in [3.63, 3.8) is 0 Å². The monoisotopic (exact) mass is 424 g/mol. The third-order valence-corrected chi connectivity index (χ3v) is 7.14. The fraction of sp³-hybridized carbons (Fsp3) is 0.136. The number of rotatable bonds is 5. The van der Waals surface area contributed by atoms with Gasteiger partial charge in [0.1, 0.15) is 0 Å². The highest BCUT2D eigenvalue weighted by Crippen LogP contribution is 2.26. The predicted octanol–water partition coefficient (Wildman–Crippen LogP) is 4.53. The number of sulfonamides is 1. The SMILES string of the molecule is Cc1cccc(C)c1NS(=O)(=O)c1ccc2c(c1)sc(=O)n2Cc1ccccc1. The number of anilines is 1. The molecule has 0 aliphatic heterocycles. The van der Waals surface area contributed by atoms with E-state index in [0.29, 0.717) is 16.9 Å². The normalized spacial score (nSPS) is 11.7. The molecule has 1 heterocycles.